The summed E-state index contributed by atoms with van der Waals surface area (Å²) < 4.78 is 16.3. The van der Waals surface area contributed by atoms with E-state index in [1.807, 2.05) is 19.1 Å². The van der Waals surface area contributed by atoms with Gasteiger partial charge >= 0.3 is 0 Å². The average Bonchev–Trinajstić information content (AvgIpc) is 2.65. The Labute approximate surface area is 169 Å². The van der Waals surface area contributed by atoms with Gasteiger partial charge in [-0.15, -0.1) is 0 Å². The van der Waals surface area contributed by atoms with Crippen molar-refractivity contribution in [3.63, 3.8) is 0 Å². The minimum Gasteiger partial charge on any atom is -0.492 e. The second-order valence-electron chi connectivity index (χ2n) is 5.64. The highest BCUT2D eigenvalue weighted by atomic mass is 35.5. The van der Waals surface area contributed by atoms with Gasteiger partial charge < -0.3 is 19.5 Å². The molecule has 0 fully saturated rings. The van der Waals surface area contributed by atoms with E-state index in [2.05, 4.69) is 5.32 Å². The summed E-state index contributed by atoms with van der Waals surface area (Å²) in [5.74, 6) is 1.22. The van der Waals surface area contributed by atoms with Crippen LogP contribution in [0.3, 0.4) is 0 Å². The maximum absolute atomic E-state index is 12.0. The van der Waals surface area contributed by atoms with Gasteiger partial charge in [-0.05, 0) is 55.8 Å². The number of nitrogens with one attached hydrogen (secondary N) is 1. The summed E-state index contributed by atoms with van der Waals surface area (Å²) in [6.45, 7) is 4.05. The lowest BCUT2D eigenvalue weighted by molar-refractivity contribution is -0.116. The summed E-state index contributed by atoms with van der Waals surface area (Å²) in [7, 11) is 0. The van der Waals surface area contributed by atoms with E-state index in [0.29, 0.717) is 55.1 Å². The van der Waals surface area contributed by atoms with Crippen molar-refractivity contribution in [1.29, 1.82) is 0 Å². The zero-order valence-electron chi connectivity index (χ0n) is 15.2. The van der Waals surface area contributed by atoms with Gasteiger partial charge in [0.05, 0.1) is 18.2 Å². The molecule has 0 radical (unpaired) electrons. The Kier molecular flexibility index (Phi) is 9.25. The molecule has 146 valence electrons. The van der Waals surface area contributed by atoms with Gasteiger partial charge in [-0.25, -0.2) is 0 Å². The predicted molar refractivity (Wildman–Crippen MR) is 108 cm³/mol. The Bertz CT molecular complexity index is 722. The van der Waals surface area contributed by atoms with Crippen LogP contribution in [0.15, 0.2) is 42.5 Å². The number of benzene rings is 2. The van der Waals surface area contributed by atoms with E-state index in [1.165, 1.54) is 0 Å². The molecule has 0 aliphatic carbocycles. The maximum Gasteiger partial charge on any atom is 0.224 e. The summed E-state index contributed by atoms with van der Waals surface area (Å²) in [5, 5.41) is 3.85. The third kappa shape index (κ3) is 8.08. The number of rotatable bonds is 11. The molecule has 0 heterocycles. The van der Waals surface area contributed by atoms with Crippen molar-refractivity contribution in [2.24, 2.45) is 0 Å². The van der Waals surface area contributed by atoms with Crippen molar-refractivity contribution in [3.8, 4) is 11.5 Å². The maximum atomic E-state index is 12.0. The fourth-order valence-corrected chi connectivity index (χ4v) is 2.69. The molecule has 2 aromatic carbocycles. The van der Waals surface area contributed by atoms with E-state index >= 15 is 0 Å². The van der Waals surface area contributed by atoms with Crippen LogP contribution < -0.4 is 14.8 Å². The first kappa shape index (κ1) is 21.4. The predicted octanol–water partition coefficient (Wildman–Crippen LogP) is 5.21. The van der Waals surface area contributed by atoms with Gasteiger partial charge in [0.1, 0.15) is 18.1 Å². The molecule has 0 saturated heterocycles. The average molecular weight is 412 g/mol. The molecule has 7 heteroatoms. The van der Waals surface area contributed by atoms with Crippen LogP contribution >= 0.6 is 23.2 Å². The smallest absolute Gasteiger partial charge is 0.224 e. The van der Waals surface area contributed by atoms with E-state index in [9.17, 15) is 4.79 Å². The molecule has 0 spiro atoms. The number of anilines is 1. The number of halogens is 2. The number of hydrogen-bond acceptors (Lipinski definition) is 4. The molecule has 27 heavy (non-hydrogen) atoms. The molecule has 0 aromatic heterocycles. The summed E-state index contributed by atoms with van der Waals surface area (Å²) >= 11 is 11.9. The van der Waals surface area contributed by atoms with Gasteiger partial charge in [0, 0.05) is 23.7 Å². The topological polar surface area (TPSA) is 56.8 Å². The van der Waals surface area contributed by atoms with E-state index in [-0.39, 0.29) is 5.91 Å². The zero-order valence-corrected chi connectivity index (χ0v) is 16.7. The summed E-state index contributed by atoms with van der Waals surface area (Å²) in [5.41, 5.74) is 0.721. The highest BCUT2D eigenvalue weighted by molar-refractivity contribution is 6.35. The lowest BCUT2D eigenvalue weighted by Crippen LogP contribution is -2.13. The molecule has 1 amide bonds. The Morgan fingerprint density at radius 2 is 1.78 bits per heavy atom. The lowest BCUT2D eigenvalue weighted by Gasteiger charge is -2.09. The van der Waals surface area contributed by atoms with Crippen LogP contribution in [0.5, 0.6) is 11.5 Å². The summed E-state index contributed by atoms with van der Waals surface area (Å²) in [4.78, 5) is 12.0. The molecule has 0 unspecified atom stereocenters. The molecule has 5 nitrogen and oxygen atoms in total. The van der Waals surface area contributed by atoms with Crippen LogP contribution in [-0.2, 0) is 9.53 Å². The van der Waals surface area contributed by atoms with Crippen LogP contribution in [0, 0.1) is 0 Å². The van der Waals surface area contributed by atoms with E-state index in [0.717, 1.165) is 11.4 Å². The zero-order chi connectivity index (χ0) is 19.5. The van der Waals surface area contributed by atoms with Crippen LogP contribution in [0.25, 0.3) is 0 Å². The van der Waals surface area contributed by atoms with Crippen molar-refractivity contribution in [2.45, 2.75) is 19.8 Å². The fraction of sp³-hybridized carbons (Fsp3) is 0.350. The molecule has 0 atom stereocenters. The number of amides is 1. The van der Waals surface area contributed by atoms with E-state index < -0.39 is 0 Å². The van der Waals surface area contributed by atoms with Crippen molar-refractivity contribution in [3.05, 3.63) is 52.5 Å². The highest BCUT2D eigenvalue weighted by Crippen LogP contribution is 2.27. The summed E-state index contributed by atoms with van der Waals surface area (Å²) in [6.07, 6.45) is 0.918. The van der Waals surface area contributed by atoms with Crippen molar-refractivity contribution in [2.75, 3.05) is 31.7 Å². The van der Waals surface area contributed by atoms with Crippen molar-refractivity contribution in [1.82, 2.24) is 0 Å². The third-order valence-electron chi connectivity index (χ3n) is 3.54. The van der Waals surface area contributed by atoms with Crippen LogP contribution in [-0.4, -0.2) is 32.3 Å². The highest BCUT2D eigenvalue weighted by Gasteiger charge is 2.05. The van der Waals surface area contributed by atoms with Crippen LogP contribution in [0.4, 0.5) is 5.69 Å². The van der Waals surface area contributed by atoms with Gasteiger partial charge in [-0.2, -0.15) is 0 Å². The molecule has 2 aromatic rings. The Hall–Kier alpha value is -1.95. The van der Waals surface area contributed by atoms with Gasteiger partial charge in [-0.3, -0.25) is 4.79 Å². The van der Waals surface area contributed by atoms with Gasteiger partial charge in [-0.1, -0.05) is 23.2 Å². The number of carbonyl (C=O) groups excluding carboxylic acids is 1. The number of ether oxygens (including phenoxy) is 3. The normalized spacial score (nSPS) is 10.5. The van der Waals surface area contributed by atoms with Crippen LogP contribution in [0.2, 0.25) is 10.0 Å². The van der Waals surface area contributed by atoms with Gasteiger partial charge in [0.25, 0.3) is 0 Å². The fourth-order valence-electron chi connectivity index (χ4n) is 2.23. The Morgan fingerprint density at radius 3 is 2.48 bits per heavy atom. The first-order valence-corrected chi connectivity index (χ1v) is 9.52. The molecular weight excluding hydrogens is 389 g/mol. The molecular formula is C20H23Cl2NO4. The Morgan fingerprint density at radius 1 is 1.00 bits per heavy atom. The largest absolute Gasteiger partial charge is 0.492 e. The van der Waals surface area contributed by atoms with Crippen molar-refractivity contribution >= 4 is 34.8 Å². The quantitative estimate of drug-likeness (QED) is 0.515. The SMILES string of the molecule is CCOCCOc1ccc(NC(=O)CCCOc2ccc(Cl)cc2Cl)cc1. The van der Waals surface area contributed by atoms with Crippen LogP contribution in [0.1, 0.15) is 19.8 Å². The standard InChI is InChI=1S/C20H23Cl2NO4/c1-2-25-12-13-26-17-8-6-16(7-9-17)23-20(24)4-3-11-27-19-10-5-15(21)14-18(19)22/h5-10,14H,2-4,11-13H2,1H3,(H,23,24). The first-order valence-electron chi connectivity index (χ1n) is 8.77. The second kappa shape index (κ2) is 11.7. The molecule has 0 aliphatic heterocycles. The molecule has 0 saturated carbocycles. The minimum atomic E-state index is -0.0779. The third-order valence-corrected chi connectivity index (χ3v) is 4.07. The molecule has 0 aliphatic rings. The minimum absolute atomic E-state index is 0.0779. The summed E-state index contributed by atoms with van der Waals surface area (Å²) in [6, 6.07) is 12.3. The second-order valence-corrected chi connectivity index (χ2v) is 6.49. The first-order chi connectivity index (χ1) is 13.1. The van der Waals surface area contributed by atoms with Gasteiger partial charge in [0.2, 0.25) is 5.91 Å². The number of carbonyl (C=O) groups is 1. The molecule has 1 N–H and O–H groups in total. The van der Waals surface area contributed by atoms with Crippen molar-refractivity contribution < 1.29 is 19.0 Å². The Balaban J connectivity index is 1.66. The number of hydrogen-bond donors (Lipinski definition) is 1. The molecule has 2 rings (SSSR count). The van der Waals surface area contributed by atoms with E-state index in [4.69, 9.17) is 37.4 Å². The monoisotopic (exact) mass is 411 g/mol. The lowest BCUT2D eigenvalue weighted by atomic mass is 10.2. The van der Waals surface area contributed by atoms with Gasteiger partial charge in [0.15, 0.2) is 0 Å². The van der Waals surface area contributed by atoms with E-state index in [1.54, 1.807) is 30.3 Å². The molecule has 0 bridgehead atoms.